The molecule has 3 nitrogen and oxygen atoms in total. The van der Waals surface area contributed by atoms with Gasteiger partial charge in [0.15, 0.2) is 0 Å². The summed E-state index contributed by atoms with van der Waals surface area (Å²) in [5, 5.41) is 8.44. The average molecular weight is 167 g/mol. The highest BCUT2D eigenvalue weighted by atomic mass is 16.4. The van der Waals surface area contributed by atoms with Gasteiger partial charge in [0.2, 0.25) is 6.04 Å². The van der Waals surface area contributed by atoms with Crippen molar-refractivity contribution in [2.75, 3.05) is 0 Å². The Morgan fingerprint density at radius 2 is 2.33 bits per heavy atom. The zero-order chi connectivity index (χ0) is 8.97. The van der Waals surface area contributed by atoms with E-state index in [-0.39, 0.29) is 12.5 Å². The first-order valence-electron chi connectivity index (χ1n) is 4.30. The van der Waals surface area contributed by atoms with Crippen molar-refractivity contribution in [3.05, 3.63) is 11.4 Å². The topological polar surface area (TPSA) is 41.7 Å². The highest BCUT2D eigenvalue weighted by Gasteiger charge is 2.28. The monoisotopic (exact) mass is 167 g/mol. The van der Waals surface area contributed by atoms with E-state index in [1.54, 1.807) is 0 Å². The highest BCUT2D eigenvalue weighted by Crippen LogP contribution is 2.30. The molecule has 0 aromatic rings. The minimum atomic E-state index is -0.721. The Kier molecular flexibility index (Phi) is 3.09. The number of aliphatic carboxylic acids is 1. The maximum atomic E-state index is 10.2. The summed E-state index contributed by atoms with van der Waals surface area (Å²) in [6.07, 6.45) is 3.93. The smallest absolute Gasteiger partial charge is 0.303 e. The van der Waals surface area contributed by atoms with Crippen LogP contribution < -0.4 is 0 Å². The van der Waals surface area contributed by atoms with E-state index < -0.39 is 5.97 Å². The second-order valence-corrected chi connectivity index (χ2v) is 3.39. The molecule has 0 saturated heterocycles. The number of carbonyl (C=O) groups is 1. The van der Waals surface area contributed by atoms with Gasteiger partial charge in [0.05, 0.1) is 0 Å². The molecule has 0 bridgehead atoms. The third kappa shape index (κ3) is 2.54. The first-order valence-corrected chi connectivity index (χ1v) is 4.30. The lowest BCUT2D eigenvalue weighted by Crippen LogP contribution is -2.01. The highest BCUT2D eigenvalue weighted by molar-refractivity contribution is 5.66. The number of nitrogens with zero attached hydrogens (tertiary/aromatic N) is 1. The quantitative estimate of drug-likeness (QED) is 0.652. The lowest BCUT2D eigenvalue weighted by Gasteiger charge is -2.03. The van der Waals surface area contributed by atoms with Gasteiger partial charge in [0, 0.05) is 19.3 Å². The number of carboxylic acid groups (broad SMARTS) is 1. The van der Waals surface area contributed by atoms with Crippen molar-refractivity contribution in [1.82, 2.24) is 0 Å². The summed E-state index contributed by atoms with van der Waals surface area (Å²) in [6, 6.07) is 0.170. The minimum Gasteiger partial charge on any atom is -0.481 e. The molecule has 1 fully saturated rings. The van der Waals surface area contributed by atoms with E-state index >= 15 is 0 Å². The molecule has 12 heavy (non-hydrogen) atoms. The van der Waals surface area contributed by atoms with Crippen molar-refractivity contribution in [3.8, 4) is 0 Å². The molecular weight excluding hydrogens is 154 g/mol. The van der Waals surface area contributed by atoms with E-state index in [4.69, 9.17) is 11.7 Å². The molecule has 2 unspecified atom stereocenters. The molecule has 0 heterocycles. The Morgan fingerprint density at radius 3 is 2.83 bits per heavy atom. The maximum absolute atomic E-state index is 10.2. The van der Waals surface area contributed by atoms with Crippen LogP contribution in [0, 0.1) is 12.5 Å². The fourth-order valence-electron chi connectivity index (χ4n) is 1.76. The van der Waals surface area contributed by atoms with Crippen LogP contribution in [-0.2, 0) is 4.79 Å². The molecule has 2 atom stereocenters. The van der Waals surface area contributed by atoms with Crippen LogP contribution in [0.4, 0.5) is 0 Å². The molecule has 1 rings (SSSR count). The second kappa shape index (κ2) is 4.10. The maximum Gasteiger partial charge on any atom is 0.303 e. The molecule has 1 aliphatic rings. The molecule has 0 amide bonds. The van der Waals surface area contributed by atoms with Gasteiger partial charge in [-0.05, 0) is 18.8 Å². The summed E-state index contributed by atoms with van der Waals surface area (Å²) in [4.78, 5) is 13.7. The molecule has 0 spiro atoms. The Balaban J connectivity index is 2.20. The van der Waals surface area contributed by atoms with E-state index in [0.717, 1.165) is 25.7 Å². The van der Waals surface area contributed by atoms with E-state index in [2.05, 4.69) is 4.85 Å². The van der Waals surface area contributed by atoms with Gasteiger partial charge in [-0.1, -0.05) is 0 Å². The van der Waals surface area contributed by atoms with Crippen LogP contribution in [0.2, 0.25) is 0 Å². The Labute approximate surface area is 72.2 Å². The zero-order valence-electron chi connectivity index (χ0n) is 6.99. The molecule has 3 heteroatoms. The number of hydrogen-bond acceptors (Lipinski definition) is 1. The van der Waals surface area contributed by atoms with Gasteiger partial charge in [-0.25, -0.2) is 6.57 Å². The Bertz CT molecular complexity index is 207. The normalized spacial score (nSPS) is 28.2. The molecule has 0 aliphatic heterocycles. The van der Waals surface area contributed by atoms with Crippen molar-refractivity contribution in [1.29, 1.82) is 0 Å². The summed E-state index contributed by atoms with van der Waals surface area (Å²) in [6.45, 7) is 6.82. The molecule has 0 aromatic heterocycles. The van der Waals surface area contributed by atoms with Crippen molar-refractivity contribution >= 4 is 5.97 Å². The van der Waals surface area contributed by atoms with Gasteiger partial charge < -0.3 is 9.95 Å². The summed E-state index contributed by atoms with van der Waals surface area (Å²) in [7, 11) is 0. The van der Waals surface area contributed by atoms with Crippen LogP contribution in [-0.4, -0.2) is 17.1 Å². The Morgan fingerprint density at radius 1 is 1.58 bits per heavy atom. The van der Waals surface area contributed by atoms with E-state index in [1.165, 1.54) is 0 Å². The fourth-order valence-corrected chi connectivity index (χ4v) is 1.76. The van der Waals surface area contributed by atoms with Gasteiger partial charge in [-0.3, -0.25) is 4.79 Å². The summed E-state index contributed by atoms with van der Waals surface area (Å²) in [5.74, 6) is -0.235. The standard InChI is InChI=1S/C9H13NO2/c1-10-8-4-2-7(6-8)3-5-9(11)12/h7-8H,2-6H2,(H,11,12). The molecule has 1 N–H and O–H groups in total. The number of rotatable bonds is 3. The number of carboxylic acids is 1. The number of hydrogen-bond donors (Lipinski definition) is 1. The zero-order valence-corrected chi connectivity index (χ0v) is 6.99. The largest absolute Gasteiger partial charge is 0.481 e. The second-order valence-electron chi connectivity index (χ2n) is 3.39. The van der Waals surface area contributed by atoms with Crippen molar-refractivity contribution in [2.24, 2.45) is 5.92 Å². The van der Waals surface area contributed by atoms with Crippen LogP contribution in [0.5, 0.6) is 0 Å². The minimum absolute atomic E-state index is 0.170. The van der Waals surface area contributed by atoms with Gasteiger partial charge in [-0.15, -0.1) is 0 Å². The summed E-state index contributed by atoms with van der Waals surface area (Å²) in [5.41, 5.74) is 0. The summed E-state index contributed by atoms with van der Waals surface area (Å²) >= 11 is 0. The third-order valence-corrected chi connectivity index (χ3v) is 2.46. The van der Waals surface area contributed by atoms with E-state index in [9.17, 15) is 4.79 Å². The van der Waals surface area contributed by atoms with Crippen LogP contribution in [0.3, 0.4) is 0 Å². The van der Waals surface area contributed by atoms with Crippen LogP contribution in [0.15, 0.2) is 0 Å². The molecular formula is C9H13NO2. The SMILES string of the molecule is [C-]#[N+]C1CCC(CCC(=O)O)C1. The average Bonchev–Trinajstić information content (AvgIpc) is 2.48. The Hall–Kier alpha value is -1.04. The first kappa shape index (κ1) is 9.05. The van der Waals surface area contributed by atoms with E-state index in [0.29, 0.717) is 5.92 Å². The fraction of sp³-hybridized carbons (Fsp3) is 0.778. The van der Waals surface area contributed by atoms with Crippen molar-refractivity contribution in [3.63, 3.8) is 0 Å². The van der Waals surface area contributed by atoms with E-state index in [1.807, 2.05) is 0 Å². The predicted molar refractivity (Wildman–Crippen MR) is 44.6 cm³/mol. The molecule has 0 radical (unpaired) electrons. The van der Waals surface area contributed by atoms with Crippen molar-refractivity contribution < 1.29 is 9.90 Å². The molecule has 1 saturated carbocycles. The van der Waals surface area contributed by atoms with Gasteiger partial charge in [-0.2, -0.15) is 0 Å². The first-order chi connectivity index (χ1) is 5.72. The predicted octanol–water partition coefficient (Wildman–Crippen LogP) is 1.94. The lowest BCUT2D eigenvalue weighted by atomic mass is 10.0. The van der Waals surface area contributed by atoms with Crippen LogP contribution in [0.1, 0.15) is 32.1 Å². The third-order valence-electron chi connectivity index (χ3n) is 2.46. The molecule has 1 aliphatic carbocycles. The lowest BCUT2D eigenvalue weighted by molar-refractivity contribution is -0.137. The van der Waals surface area contributed by atoms with Crippen LogP contribution in [0.25, 0.3) is 4.85 Å². The van der Waals surface area contributed by atoms with Gasteiger partial charge in [0.1, 0.15) is 0 Å². The summed E-state index contributed by atoms with van der Waals surface area (Å²) < 4.78 is 0. The van der Waals surface area contributed by atoms with Crippen molar-refractivity contribution in [2.45, 2.75) is 38.1 Å². The molecule has 66 valence electrons. The van der Waals surface area contributed by atoms with Gasteiger partial charge in [0.25, 0.3) is 0 Å². The molecule has 0 aromatic carbocycles. The van der Waals surface area contributed by atoms with Crippen LogP contribution >= 0.6 is 0 Å². The van der Waals surface area contributed by atoms with Gasteiger partial charge >= 0.3 is 5.97 Å².